The number of hydrogen-bond donors (Lipinski definition) is 1. The van der Waals surface area contributed by atoms with Gasteiger partial charge in [-0.1, -0.05) is 13.3 Å². The fourth-order valence-corrected chi connectivity index (χ4v) is 3.11. The van der Waals surface area contributed by atoms with Gasteiger partial charge in [-0.15, -0.1) is 0 Å². The van der Waals surface area contributed by atoms with Crippen molar-refractivity contribution in [3.8, 4) is 0 Å². The number of nitrogens with one attached hydrogen (secondary N) is 1. The molecule has 2 aliphatic heterocycles. The number of rotatable bonds is 1. The van der Waals surface area contributed by atoms with Gasteiger partial charge >= 0.3 is 0 Å². The topological polar surface area (TPSA) is 15.3 Å². The van der Waals surface area contributed by atoms with E-state index in [0.717, 1.165) is 18.0 Å². The van der Waals surface area contributed by atoms with Crippen LogP contribution in [-0.4, -0.2) is 36.6 Å². The standard InChI is InChI=1S/C12H24N2/c1-10-9-13-7-6-12(10)14-8-4-3-5-11(14)2/h10-13H,3-9H2,1-2H3. The Balaban J connectivity index is 1.96. The van der Waals surface area contributed by atoms with Crippen molar-refractivity contribution in [2.45, 2.75) is 51.6 Å². The van der Waals surface area contributed by atoms with Crippen molar-refractivity contribution in [3.63, 3.8) is 0 Å². The molecule has 2 fully saturated rings. The molecule has 2 rings (SSSR count). The van der Waals surface area contributed by atoms with Gasteiger partial charge in [-0.3, -0.25) is 4.90 Å². The third-order valence-corrected chi connectivity index (χ3v) is 4.02. The summed E-state index contributed by atoms with van der Waals surface area (Å²) in [5, 5.41) is 3.49. The van der Waals surface area contributed by atoms with Crippen LogP contribution in [0.4, 0.5) is 0 Å². The van der Waals surface area contributed by atoms with Crippen molar-refractivity contribution in [1.29, 1.82) is 0 Å². The second-order valence-corrected chi connectivity index (χ2v) is 5.12. The molecule has 0 saturated carbocycles. The maximum atomic E-state index is 3.49. The lowest BCUT2D eigenvalue weighted by atomic mass is 9.90. The van der Waals surface area contributed by atoms with Gasteiger partial charge in [0.2, 0.25) is 0 Å². The molecule has 2 heteroatoms. The lowest BCUT2D eigenvalue weighted by Gasteiger charge is -2.44. The van der Waals surface area contributed by atoms with Crippen LogP contribution in [0.5, 0.6) is 0 Å². The summed E-state index contributed by atoms with van der Waals surface area (Å²) >= 11 is 0. The van der Waals surface area contributed by atoms with Crippen LogP contribution in [-0.2, 0) is 0 Å². The third kappa shape index (κ3) is 2.12. The fourth-order valence-electron chi connectivity index (χ4n) is 3.11. The van der Waals surface area contributed by atoms with Crippen LogP contribution in [0.25, 0.3) is 0 Å². The molecule has 82 valence electrons. The highest BCUT2D eigenvalue weighted by molar-refractivity contribution is 4.87. The average Bonchev–Trinajstić information content (AvgIpc) is 2.20. The van der Waals surface area contributed by atoms with Crippen LogP contribution in [0.3, 0.4) is 0 Å². The SMILES string of the molecule is CC1CNCCC1N1CCCCC1C. The lowest BCUT2D eigenvalue weighted by molar-refractivity contribution is 0.0573. The van der Waals surface area contributed by atoms with Gasteiger partial charge in [0, 0.05) is 12.1 Å². The van der Waals surface area contributed by atoms with Crippen LogP contribution in [0.2, 0.25) is 0 Å². The Bertz CT molecular complexity index is 161. The van der Waals surface area contributed by atoms with Crippen LogP contribution in [0.1, 0.15) is 39.5 Å². The predicted octanol–water partition coefficient (Wildman–Crippen LogP) is 1.86. The van der Waals surface area contributed by atoms with E-state index in [1.165, 1.54) is 45.3 Å². The smallest absolute Gasteiger partial charge is 0.0148 e. The van der Waals surface area contributed by atoms with Crippen molar-refractivity contribution >= 4 is 0 Å². The number of piperidine rings is 2. The Morgan fingerprint density at radius 2 is 2.00 bits per heavy atom. The molecule has 0 aromatic rings. The van der Waals surface area contributed by atoms with Gasteiger partial charge in [-0.25, -0.2) is 0 Å². The molecular formula is C12H24N2. The summed E-state index contributed by atoms with van der Waals surface area (Å²) in [5.41, 5.74) is 0. The minimum Gasteiger partial charge on any atom is -0.316 e. The Morgan fingerprint density at radius 3 is 2.71 bits per heavy atom. The Morgan fingerprint density at radius 1 is 1.14 bits per heavy atom. The number of likely N-dealkylation sites (tertiary alicyclic amines) is 1. The summed E-state index contributed by atoms with van der Waals surface area (Å²) in [4.78, 5) is 2.77. The molecule has 3 unspecified atom stereocenters. The van der Waals surface area contributed by atoms with Gasteiger partial charge in [-0.2, -0.15) is 0 Å². The second kappa shape index (κ2) is 4.63. The molecule has 0 spiro atoms. The van der Waals surface area contributed by atoms with Gasteiger partial charge in [-0.05, 0) is 51.7 Å². The molecule has 0 amide bonds. The van der Waals surface area contributed by atoms with Crippen molar-refractivity contribution in [2.75, 3.05) is 19.6 Å². The van der Waals surface area contributed by atoms with E-state index in [2.05, 4.69) is 24.1 Å². The zero-order chi connectivity index (χ0) is 9.97. The quantitative estimate of drug-likeness (QED) is 0.688. The summed E-state index contributed by atoms with van der Waals surface area (Å²) < 4.78 is 0. The van der Waals surface area contributed by atoms with Gasteiger partial charge < -0.3 is 5.32 Å². The molecule has 0 bridgehead atoms. The summed E-state index contributed by atoms with van der Waals surface area (Å²) in [6, 6.07) is 1.68. The molecule has 0 aliphatic carbocycles. The summed E-state index contributed by atoms with van der Waals surface area (Å²) in [6.45, 7) is 8.59. The molecule has 0 radical (unpaired) electrons. The summed E-state index contributed by atoms with van der Waals surface area (Å²) in [7, 11) is 0. The highest BCUT2D eigenvalue weighted by atomic mass is 15.2. The van der Waals surface area contributed by atoms with Crippen molar-refractivity contribution < 1.29 is 0 Å². The molecule has 0 aromatic carbocycles. The van der Waals surface area contributed by atoms with E-state index in [1.54, 1.807) is 0 Å². The van der Waals surface area contributed by atoms with Crippen LogP contribution in [0, 0.1) is 5.92 Å². The Kier molecular flexibility index (Phi) is 3.45. The normalized spacial score (nSPS) is 41.1. The Hall–Kier alpha value is -0.0800. The van der Waals surface area contributed by atoms with Gasteiger partial charge in [0.25, 0.3) is 0 Å². The lowest BCUT2D eigenvalue weighted by Crippen LogP contribution is -2.53. The van der Waals surface area contributed by atoms with Crippen LogP contribution >= 0.6 is 0 Å². The molecule has 2 nitrogen and oxygen atoms in total. The van der Waals surface area contributed by atoms with E-state index in [1.807, 2.05) is 0 Å². The number of nitrogens with zero attached hydrogens (tertiary/aromatic N) is 1. The van der Waals surface area contributed by atoms with E-state index >= 15 is 0 Å². The average molecular weight is 196 g/mol. The molecule has 3 atom stereocenters. The van der Waals surface area contributed by atoms with Crippen molar-refractivity contribution in [3.05, 3.63) is 0 Å². The first-order valence-corrected chi connectivity index (χ1v) is 6.25. The van der Waals surface area contributed by atoms with E-state index in [-0.39, 0.29) is 0 Å². The molecule has 2 saturated heterocycles. The van der Waals surface area contributed by atoms with Gasteiger partial charge in [0.15, 0.2) is 0 Å². The fraction of sp³-hybridized carbons (Fsp3) is 1.00. The minimum absolute atomic E-state index is 0.828. The van der Waals surface area contributed by atoms with E-state index in [0.29, 0.717) is 0 Å². The van der Waals surface area contributed by atoms with E-state index in [9.17, 15) is 0 Å². The van der Waals surface area contributed by atoms with Crippen LogP contribution < -0.4 is 5.32 Å². The van der Waals surface area contributed by atoms with E-state index in [4.69, 9.17) is 0 Å². The third-order valence-electron chi connectivity index (χ3n) is 4.02. The Labute approximate surface area is 88.1 Å². The van der Waals surface area contributed by atoms with E-state index < -0.39 is 0 Å². The second-order valence-electron chi connectivity index (χ2n) is 5.12. The van der Waals surface area contributed by atoms with Crippen molar-refractivity contribution in [1.82, 2.24) is 10.2 Å². The van der Waals surface area contributed by atoms with Gasteiger partial charge in [0.05, 0.1) is 0 Å². The zero-order valence-electron chi connectivity index (χ0n) is 9.63. The van der Waals surface area contributed by atoms with Crippen molar-refractivity contribution in [2.24, 2.45) is 5.92 Å². The monoisotopic (exact) mass is 196 g/mol. The molecule has 14 heavy (non-hydrogen) atoms. The first-order valence-electron chi connectivity index (χ1n) is 6.25. The first kappa shape index (κ1) is 10.4. The largest absolute Gasteiger partial charge is 0.316 e. The number of hydrogen-bond acceptors (Lipinski definition) is 2. The molecule has 0 aromatic heterocycles. The maximum absolute atomic E-state index is 3.49. The highest BCUT2D eigenvalue weighted by Crippen LogP contribution is 2.25. The molecule has 1 N–H and O–H groups in total. The highest BCUT2D eigenvalue weighted by Gasteiger charge is 2.30. The molecule has 2 aliphatic rings. The molecular weight excluding hydrogens is 172 g/mol. The summed E-state index contributed by atoms with van der Waals surface area (Å²) in [5.74, 6) is 0.837. The molecule has 2 heterocycles. The summed E-state index contributed by atoms with van der Waals surface area (Å²) in [6.07, 6.45) is 5.63. The minimum atomic E-state index is 0.828. The predicted molar refractivity (Wildman–Crippen MR) is 60.5 cm³/mol. The van der Waals surface area contributed by atoms with Gasteiger partial charge in [0.1, 0.15) is 0 Å². The zero-order valence-corrected chi connectivity index (χ0v) is 9.63. The first-order chi connectivity index (χ1) is 6.79. The maximum Gasteiger partial charge on any atom is 0.0148 e. The van der Waals surface area contributed by atoms with Crippen LogP contribution in [0.15, 0.2) is 0 Å².